The summed E-state index contributed by atoms with van der Waals surface area (Å²) in [5, 5.41) is 10.4. The van der Waals surface area contributed by atoms with Crippen molar-refractivity contribution in [2.75, 3.05) is 31.6 Å². The zero-order chi connectivity index (χ0) is 22.9. The fraction of sp³-hybridized carbons (Fsp3) is 0.522. The lowest BCUT2D eigenvalue weighted by Gasteiger charge is -2.27. The Balaban J connectivity index is 2.12. The summed E-state index contributed by atoms with van der Waals surface area (Å²) in [7, 11) is 0. The lowest BCUT2D eigenvalue weighted by atomic mass is 10.0. The van der Waals surface area contributed by atoms with Crippen LogP contribution in [0.2, 0.25) is 0 Å². The van der Waals surface area contributed by atoms with Gasteiger partial charge in [0.25, 0.3) is 0 Å². The number of H-pyrrole nitrogens is 1. The molecule has 8 heteroatoms. The number of amides is 1. The lowest BCUT2D eigenvalue weighted by Crippen LogP contribution is -2.39. The minimum Gasteiger partial charge on any atom is -0.461 e. The van der Waals surface area contributed by atoms with Gasteiger partial charge in [0.2, 0.25) is 0 Å². The molecule has 0 aliphatic rings. The Hall–Kier alpha value is -3.03. The molecule has 0 spiro atoms. The predicted octanol–water partition coefficient (Wildman–Crippen LogP) is 4.24. The van der Waals surface area contributed by atoms with E-state index in [2.05, 4.69) is 15.5 Å². The van der Waals surface area contributed by atoms with Gasteiger partial charge in [-0.3, -0.25) is 5.10 Å². The molecule has 170 valence electrons. The zero-order valence-corrected chi connectivity index (χ0v) is 19.2. The molecule has 1 amide bonds. The molecule has 0 saturated carbocycles. The first kappa shape index (κ1) is 24.2. The van der Waals surface area contributed by atoms with Crippen LogP contribution in [0.25, 0.3) is 0 Å². The highest BCUT2D eigenvalue weighted by molar-refractivity contribution is 5.90. The van der Waals surface area contributed by atoms with Gasteiger partial charge in [0, 0.05) is 31.6 Å². The van der Waals surface area contributed by atoms with Gasteiger partial charge in [0.1, 0.15) is 11.3 Å². The molecule has 0 aliphatic carbocycles. The van der Waals surface area contributed by atoms with Crippen molar-refractivity contribution in [1.29, 1.82) is 0 Å². The second kappa shape index (κ2) is 11.4. The monoisotopic (exact) mass is 430 g/mol. The topological polar surface area (TPSA) is 96.5 Å². The molecule has 2 aromatic rings. The molecule has 0 bridgehead atoms. The number of esters is 1. The van der Waals surface area contributed by atoms with Crippen LogP contribution in [0.3, 0.4) is 0 Å². The first-order valence-corrected chi connectivity index (χ1v) is 10.7. The molecule has 0 unspecified atom stereocenters. The minimum absolute atomic E-state index is 0.285. The molecule has 1 aromatic carbocycles. The van der Waals surface area contributed by atoms with Gasteiger partial charge in [-0.15, -0.1) is 0 Å². The maximum absolute atomic E-state index is 12.5. The molecular weight excluding hydrogens is 396 g/mol. The first-order valence-electron chi connectivity index (χ1n) is 10.7. The standard InChI is InChI=1S/C23H34N4O4/c1-6-14-27(22(29)31-23(3,4)5)15-13-24-20-18(16-17-11-9-8-10-12-17)19(25-26-20)21(28)30-7-2/h8-12H,6-7,13-16H2,1-5H3,(H2,24,25,26). The van der Waals surface area contributed by atoms with E-state index in [-0.39, 0.29) is 12.7 Å². The molecule has 1 heterocycles. The number of rotatable bonds is 10. The first-order chi connectivity index (χ1) is 14.7. The van der Waals surface area contributed by atoms with Crippen LogP contribution in [-0.2, 0) is 15.9 Å². The number of anilines is 1. The van der Waals surface area contributed by atoms with E-state index in [1.807, 2.05) is 58.0 Å². The van der Waals surface area contributed by atoms with Crippen LogP contribution in [0.4, 0.5) is 10.6 Å². The summed E-state index contributed by atoms with van der Waals surface area (Å²) in [6.07, 6.45) is 1.02. The highest BCUT2D eigenvalue weighted by atomic mass is 16.6. The Morgan fingerprint density at radius 2 is 1.84 bits per heavy atom. The quantitative estimate of drug-likeness (QED) is 0.548. The highest BCUT2D eigenvalue weighted by Gasteiger charge is 2.23. The Labute approximate surface area is 184 Å². The van der Waals surface area contributed by atoms with Crippen molar-refractivity contribution in [2.45, 2.75) is 53.1 Å². The summed E-state index contributed by atoms with van der Waals surface area (Å²) >= 11 is 0. The SMILES string of the molecule is CCCN(CCNc1n[nH]c(C(=O)OCC)c1Cc1ccccc1)C(=O)OC(C)(C)C. The molecule has 2 rings (SSSR count). The molecule has 0 radical (unpaired) electrons. The normalized spacial score (nSPS) is 11.1. The van der Waals surface area contributed by atoms with Crippen LogP contribution in [-0.4, -0.2) is 59.0 Å². The molecule has 0 saturated heterocycles. The van der Waals surface area contributed by atoms with Crippen LogP contribution in [0, 0.1) is 0 Å². The second-order valence-corrected chi connectivity index (χ2v) is 8.20. The number of aromatic nitrogens is 2. The van der Waals surface area contributed by atoms with Crippen LogP contribution in [0.15, 0.2) is 30.3 Å². The van der Waals surface area contributed by atoms with Crippen molar-refractivity contribution in [3.63, 3.8) is 0 Å². The van der Waals surface area contributed by atoms with Crippen molar-refractivity contribution in [2.24, 2.45) is 0 Å². The van der Waals surface area contributed by atoms with Gasteiger partial charge < -0.3 is 19.7 Å². The van der Waals surface area contributed by atoms with Gasteiger partial charge in [0.05, 0.1) is 6.61 Å². The second-order valence-electron chi connectivity index (χ2n) is 8.20. The van der Waals surface area contributed by atoms with E-state index >= 15 is 0 Å². The average Bonchev–Trinajstić information content (AvgIpc) is 3.09. The number of nitrogens with zero attached hydrogens (tertiary/aromatic N) is 2. The molecule has 31 heavy (non-hydrogen) atoms. The summed E-state index contributed by atoms with van der Waals surface area (Å²) in [5.74, 6) is 0.142. The van der Waals surface area contributed by atoms with Crippen LogP contribution in [0.1, 0.15) is 62.7 Å². The van der Waals surface area contributed by atoms with Gasteiger partial charge in [-0.25, -0.2) is 9.59 Å². The molecule has 2 N–H and O–H groups in total. The fourth-order valence-electron chi connectivity index (χ4n) is 3.06. The van der Waals surface area contributed by atoms with Gasteiger partial charge in [-0.1, -0.05) is 37.3 Å². The lowest BCUT2D eigenvalue weighted by molar-refractivity contribution is 0.0257. The molecule has 0 aliphatic heterocycles. The number of aromatic amines is 1. The maximum Gasteiger partial charge on any atom is 0.410 e. The number of nitrogens with one attached hydrogen (secondary N) is 2. The van der Waals surface area contributed by atoms with Crippen LogP contribution < -0.4 is 5.32 Å². The van der Waals surface area contributed by atoms with E-state index in [1.54, 1.807) is 11.8 Å². The summed E-state index contributed by atoms with van der Waals surface area (Å²) in [6.45, 7) is 11.1. The van der Waals surface area contributed by atoms with Gasteiger partial charge >= 0.3 is 12.1 Å². The Bertz CT molecular complexity index is 843. The van der Waals surface area contributed by atoms with Crippen molar-refractivity contribution in [3.05, 3.63) is 47.2 Å². The molecule has 8 nitrogen and oxygen atoms in total. The minimum atomic E-state index is -0.546. The number of carbonyl (C=O) groups excluding carboxylic acids is 2. The third kappa shape index (κ3) is 7.62. The number of hydrogen-bond donors (Lipinski definition) is 2. The number of ether oxygens (including phenoxy) is 2. The average molecular weight is 431 g/mol. The number of carbonyl (C=O) groups is 2. The Morgan fingerprint density at radius 3 is 2.45 bits per heavy atom. The summed E-state index contributed by atoms with van der Waals surface area (Å²) in [6, 6.07) is 9.85. The van der Waals surface area contributed by atoms with Crippen molar-refractivity contribution >= 4 is 17.9 Å². The third-order valence-corrected chi connectivity index (χ3v) is 4.39. The van der Waals surface area contributed by atoms with Gasteiger partial charge in [-0.2, -0.15) is 5.10 Å². The van der Waals surface area contributed by atoms with Crippen LogP contribution >= 0.6 is 0 Å². The molecule has 0 fully saturated rings. The van der Waals surface area contributed by atoms with E-state index in [0.717, 1.165) is 17.5 Å². The van der Waals surface area contributed by atoms with E-state index in [0.29, 0.717) is 37.6 Å². The summed E-state index contributed by atoms with van der Waals surface area (Å²) < 4.78 is 10.7. The Kier molecular flexibility index (Phi) is 8.90. The largest absolute Gasteiger partial charge is 0.461 e. The summed E-state index contributed by atoms with van der Waals surface area (Å²) in [5.41, 5.74) is 1.59. The van der Waals surface area contributed by atoms with Crippen molar-refractivity contribution in [1.82, 2.24) is 15.1 Å². The number of benzene rings is 1. The van der Waals surface area contributed by atoms with Gasteiger partial charge in [0.15, 0.2) is 5.82 Å². The molecular formula is C23H34N4O4. The van der Waals surface area contributed by atoms with E-state index < -0.39 is 11.6 Å². The Morgan fingerprint density at radius 1 is 1.13 bits per heavy atom. The third-order valence-electron chi connectivity index (χ3n) is 4.39. The summed E-state index contributed by atoms with van der Waals surface area (Å²) in [4.78, 5) is 26.5. The maximum atomic E-state index is 12.5. The fourth-order valence-corrected chi connectivity index (χ4v) is 3.06. The van der Waals surface area contributed by atoms with E-state index in [4.69, 9.17) is 9.47 Å². The van der Waals surface area contributed by atoms with Crippen molar-refractivity contribution in [3.8, 4) is 0 Å². The van der Waals surface area contributed by atoms with E-state index in [9.17, 15) is 9.59 Å². The molecule has 1 aromatic heterocycles. The number of hydrogen-bond acceptors (Lipinski definition) is 6. The van der Waals surface area contributed by atoms with E-state index in [1.165, 1.54) is 0 Å². The zero-order valence-electron chi connectivity index (χ0n) is 19.2. The van der Waals surface area contributed by atoms with Crippen molar-refractivity contribution < 1.29 is 19.1 Å². The predicted molar refractivity (Wildman–Crippen MR) is 120 cm³/mol. The smallest absolute Gasteiger partial charge is 0.410 e. The van der Waals surface area contributed by atoms with Crippen LogP contribution in [0.5, 0.6) is 0 Å². The molecule has 0 atom stereocenters. The van der Waals surface area contributed by atoms with Gasteiger partial charge in [-0.05, 0) is 39.7 Å². The highest BCUT2D eigenvalue weighted by Crippen LogP contribution is 2.22.